The van der Waals surface area contributed by atoms with Crippen molar-refractivity contribution in [1.82, 2.24) is 5.32 Å². The number of hydrogen-bond donors (Lipinski definition) is 3. The van der Waals surface area contributed by atoms with Gasteiger partial charge in [0.2, 0.25) is 5.91 Å². The van der Waals surface area contributed by atoms with Crippen LogP contribution in [0, 0.1) is 0 Å². The summed E-state index contributed by atoms with van der Waals surface area (Å²) in [6.45, 7) is 4.81. The van der Waals surface area contributed by atoms with Crippen LogP contribution in [0.4, 0.5) is 0 Å². The van der Waals surface area contributed by atoms with Gasteiger partial charge in [-0.05, 0) is 129 Å². The Kier molecular flexibility index (Phi) is 42.0. The molecule has 4 N–H and O–H groups in total. The molecule has 0 saturated heterocycles. The van der Waals surface area contributed by atoms with Crippen LogP contribution in [-0.4, -0.2) is 41.6 Å². The predicted octanol–water partition coefficient (Wildman–Crippen LogP) is 13.7. The third-order valence-corrected chi connectivity index (χ3v) is 9.94. The SMILES string of the molecule is CC/C=C\C/C=C\C/C=C\C/C=C\C/C=C\CCCC(=O)OC(CCCCC/C=C\C/C=C\CCCCCCC)CCCCCCCC(=O)NC(CCCN)C(=O)O. The Morgan fingerprint density at radius 1 is 0.517 bits per heavy atom. The summed E-state index contributed by atoms with van der Waals surface area (Å²) in [5.74, 6) is -1.32. The molecule has 0 aliphatic carbocycles. The second-order valence-corrected chi connectivity index (χ2v) is 15.4. The molecular weight excluding hydrogens is 721 g/mol. The van der Waals surface area contributed by atoms with Crippen molar-refractivity contribution in [2.75, 3.05) is 6.54 Å². The van der Waals surface area contributed by atoms with E-state index in [9.17, 15) is 19.5 Å². The lowest BCUT2D eigenvalue weighted by Gasteiger charge is -2.18. The average molecular weight is 807 g/mol. The van der Waals surface area contributed by atoms with E-state index in [1.807, 2.05) is 0 Å². The van der Waals surface area contributed by atoms with Gasteiger partial charge in [-0.1, -0.05) is 150 Å². The molecule has 1 amide bonds. The van der Waals surface area contributed by atoms with Crippen molar-refractivity contribution < 1.29 is 24.2 Å². The number of rotatable bonds is 41. The Bertz CT molecular complexity index is 1180. The fraction of sp³-hybridized carbons (Fsp3) is 0.667. The highest BCUT2D eigenvalue weighted by Crippen LogP contribution is 2.18. The molecule has 0 heterocycles. The first kappa shape index (κ1) is 54.6. The smallest absolute Gasteiger partial charge is 0.326 e. The number of unbranched alkanes of at least 4 members (excludes halogenated alkanes) is 13. The fourth-order valence-corrected chi connectivity index (χ4v) is 6.46. The molecule has 0 aromatic heterocycles. The van der Waals surface area contributed by atoms with E-state index in [2.05, 4.69) is 104 Å². The molecule has 0 spiro atoms. The first-order chi connectivity index (χ1) is 28.4. The van der Waals surface area contributed by atoms with Crippen molar-refractivity contribution in [3.05, 3.63) is 85.1 Å². The van der Waals surface area contributed by atoms with Crippen LogP contribution in [0.25, 0.3) is 0 Å². The summed E-state index contributed by atoms with van der Waals surface area (Å²) < 4.78 is 6.02. The molecule has 0 radical (unpaired) electrons. The van der Waals surface area contributed by atoms with Gasteiger partial charge in [-0.15, -0.1) is 0 Å². The lowest BCUT2D eigenvalue weighted by Crippen LogP contribution is -2.40. The second-order valence-electron chi connectivity index (χ2n) is 15.4. The maximum atomic E-state index is 12.8. The number of aliphatic carboxylic acids is 1. The van der Waals surface area contributed by atoms with Crippen molar-refractivity contribution in [1.29, 1.82) is 0 Å². The first-order valence-corrected chi connectivity index (χ1v) is 23.4. The summed E-state index contributed by atoms with van der Waals surface area (Å²) in [6.07, 6.45) is 59.1. The fourth-order valence-electron chi connectivity index (χ4n) is 6.46. The van der Waals surface area contributed by atoms with Gasteiger partial charge < -0.3 is 20.9 Å². The van der Waals surface area contributed by atoms with Gasteiger partial charge in [0.1, 0.15) is 12.1 Å². The molecular formula is C51H86N2O5. The highest BCUT2D eigenvalue weighted by atomic mass is 16.5. The van der Waals surface area contributed by atoms with E-state index in [0.29, 0.717) is 32.2 Å². The van der Waals surface area contributed by atoms with Crippen LogP contribution >= 0.6 is 0 Å². The largest absolute Gasteiger partial charge is 0.480 e. The molecule has 7 nitrogen and oxygen atoms in total. The molecule has 0 fully saturated rings. The van der Waals surface area contributed by atoms with Gasteiger partial charge in [0, 0.05) is 12.8 Å². The van der Waals surface area contributed by atoms with Crippen LogP contribution in [0.2, 0.25) is 0 Å². The molecule has 330 valence electrons. The van der Waals surface area contributed by atoms with Crippen molar-refractivity contribution in [2.45, 2.75) is 212 Å². The molecule has 0 saturated carbocycles. The zero-order valence-corrected chi connectivity index (χ0v) is 37.1. The van der Waals surface area contributed by atoms with Gasteiger partial charge in [0.25, 0.3) is 0 Å². The summed E-state index contributed by atoms with van der Waals surface area (Å²) in [4.78, 5) is 36.5. The molecule has 0 aliphatic rings. The minimum Gasteiger partial charge on any atom is -0.480 e. The monoisotopic (exact) mass is 807 g/mol. The summed E-state index contributed by atoms with van der Waals surface area (Å²) in [7, 11) is 0. The number of carbonyl (C=O) groups is 3. The molecule has 2 atom stereocenters. The quantitative estimate of drug-likeness (QED) is 0.0322. The number of amides is 1. The topological polar surface area (TPSA) is 119 Å². The van der Waals surface area contributed by atoms with Gasteiger partial charge in [-0.3, -0.25) is 9.59 Å². The van der Waals surface area contributed by atoms with E-state index >= 15 is 0 Å². The third-order valence-electron chi connectivity index (χ3n) is 9.94. The van der Waals surface area contributed by atoms with Gasteiger partial charge >= 0.3 is 11.9 Å². The number of esters is 1. The normalized spacial score (nSPS) is 13.4. The molecule has 0 aromatic carbocycles. The number of carboxylic acids is 1. The van der Waals surface area contributed by atoms with Crippen LogP contribution in [0.3, 0.4) is 0 Å². The van der Waals surface area contributed by atoms with E-state index in [0.717, 1.165) is 122 Å². The van der Waals surface area contributed by atoms with Gasteiger partial charge in [0.15, 0.2) is 0 Å². The zero-order chi connectivity index (χ0) is 42.4. The maximum Gasteiger partial charge on any atom is 0.326 e. The number of nitrogens with one attached hydrogen (secondary N) is 1. The maximum absolute atomic E-state index is 12.8. The van der Waals surface area contributed by atoms with Gasteiger partial charge in [0.05, 0.1) is 0 Å². The minimum atomic E-state index is -1.01. The Labute approximate surface area is 355 Å². The standard InChI is InChI=1S/C51H86N2O5/c1-3-5-7-9-11-13-15-17-19-20-22-24-26-28-30-35-39-45-50(55)58-47(41-36-32-29-27-25-23-21-18-16-14-12-10-8-6-4-2)42-37-33-31-34-38-44-49(54)53-48(51(56)57)43-40-46-52/h5,7,11,13,16-19,22-25,28,30,47-48H,3-4,6,8-10,12,14-15,20-21,26-27,29,31-46,52H2,1-2H3,(H,53,54)(H,56,57)/b7-5-,13-11-,18-16-,19-17-,24-22-,25-23-,30-28-. The lowest BCUT2D eigenvalue weighted by molar-refractivity contribution is -0.150. The summed E-state index contributed by atoms with van der Waals surface area (Å²) in [5.41, 5.74) is 5.49. The van der Waals surface area contributed by atoms with Crippen molar-refractivity contribution in [3.63, 3.8) is 0 Å². The minimum absolute atomic E-state index is 0.0453. The van der Waals surface area contributed by atoms with E-state index in [1.165, 1.54) is 38.5 Å². The van der Waals surface area contributed by atoms with E-state index < -0.39 is 12.0 Å². The van der Waals surface area contributed by atoms with Crippen LogP contribution in [0.15, 0.2) is 85.1 Å². The van der Waals surface area contributed by atoms with Gasteiger partial charge in [-0.2, -0.15) is 0 Å². The number of hydrogen-bond acceptors (Lipinski definition) is 5. The number of carbonyl (C=O) groups excluding carboxylic acids is 2. The van der Waals surface area contributed by atoms with Crippen LogP contribution in [0.5, 0.6) is 0 Å². The van der Waals surface area contributed by atoms with Crippen molar-refractivity contribution >= 4 is 17.8 Å². The number of nitrogens with two attached hydrogens (primary N) is 1. The number of ether oxygens (including phenoxy) is 1. The van der Waals surface area contributed by atoms with E-state index in [4.69, 9.17) is 10.5 Å². The zero-order valence-electron chi connectivity index (χ0n) is 37.1. The summed E-state index contributed by atoms with van der Waals surface area (Å²) in [6, 6.07) is -0.868. The average Bonchev–Trinajstić information content (AvgIpc) is 3.21. The van der Waals surface area contributed by atoms with E-state index in [1.54, 1.807) is 0 Å². The van der Waals surface area contributed by atoms with Gasteiger partial charge in [-0.25, -0.2) is 4.79 Å². The Morgan fingerprint density at radius 2 is 0.966 bits per heavy atom. The Hall–Kier alpha value is -3.45. The summed E-state index contributed by atoms with van der Waals surface area (Å²) >= 11 is 0. The molecule has 2 unspecified atom stereocenters. The molecule has 7 heteroatoms. The number of carboxylic acid groups (broad SMARTS) is 1. The lowest BCUT2D eigenvalue weighted by atomic mass is 10.0. The molecule has 0 aliphatic heterocycles. The van der Waals surface area contributed by atoms with Crippen LogP contribution in [-0.2, 0) is 19.1 Å². The van der Waals surface area contributed by atoms with E-state index in [-0.39, 0.29) is 18.0 Å². The van der Waals surface area contributed by atoms with Crippen LogP contribution in [0.1, 0.15) is 200 Å². The Balaban J connectivity index is 4.51. The van der Waals surface area contributed by atoms with Crippen molar-refractivity contribution in [3.8, 4) is 0 Å². The molecule has 0 bridgehead atoms. The highest BCUT2D eigenvalue weighted by Gasteiger charge is 2.19. The summed E-state index contributed by atoms with van der Waals surface area (Å²) in [5, 5.41) is 12.0. The second kappa shape index (κ2) is 44.6. The number of allylic oxidation sites excluding steroid dienone is 14. The third kappa shape index (κ3) is 40.7. The highest BCUT2D eigenvalue weighted by molar-refractivity contribution is 5.83. The first-order valence-electron chi connectivity index (χ1n) is 23.4. The van der Waals surface area contributed by atoms with Crippen molar-refractivity contribution in [2.24, 2.45) is 5.73 Å². The molecule has 58 heavy (non-hydrogen) atoms. The Morgan fingerprint density at radius 3 is 1.48 bits per heavy atom. The van der Waals surface area contributed by atoms with Crippen LogP contribution < -0.4 is 11.1 Å². The predicted molar refractivity (Wildman–Crippen MR) is 248 cm³/mol. The molecule has 0 aromatic rings. The molecule has 0 rings (SSSR count).